The van der Waals surface area contributed by atoms with Gasteiger partial charge >= 0.3 is 11.9 Å². The minimum atomic E-state index is -0.766. The summed E-state index contributed by atoms with van der Waals surface area (Å²) in [7, 11) is 0. The fourth-order valence-corrected chi connectivity index (χ4v) is 7.02. The molecule has 0 aliphatic heterocycles. The van der Waals surface area contributed by atoms with Crippen LogP contribution in [0.1, 0.15) is 258 Å². The molecule has 0 bridgehead atoms. The van der Waals surface area contributed by atoms with Crippen molar-refractivity contribution in [1.82, 2.24) is 0 Å². The Morgan fingerprint density at radius 1 is 0.423 bits per heavy atom. The fraction of sp³-hybridized carbons (Fsp3) is 0.915. The van der Waals surface area contributed by atoms with Crippen molar-refractivity contribution in [3.05, 3.63) is 12.2 Å². The fourth-order valence-electron chi connectivity index (χ4n) is 7.02. The number of aliphatic hydroxyl groups excluding tert-OH is 1. The number of aliphatic hydroxyl groups is 1. The van der Waals surface area contributed by atoms with Crippen molar-refractivity contribution in [2.75, 3.05) is 13.2 Å². The SMILES string of the molecule is CCCCCCCC/C=C/CCCCCCCCCCCC(=O)O[C@@H](CO)COC(=O)CCCCCCCCCCCCCCCCCCCCC. The molecule has 1 N–H and O–H groups in total. The minimum Gasteiger partial charge on any atom is -0.462 e. The highest BCUT2D eigenvalue weighted by Gasteiger charge is 2.16. The van der Waals surface area contributed by atoms with Gasteiger partial charge in [-0.3, -0.25) is 9.59 Å². The summed E-state index contributed by atoms with van der Waals surface area (Å²) in [5.41, 5.74) is 0. The van der Waals surface area contributed by atoms with Gasteiger partial charge in [0.05, 0.1) is 6.61 Å². The van der Waals surface area contributed by atoms with Gasteiger partial charge in [0.2, 0.25) is 0 Å². The Kier molecular flexibility index (Phi) is 42.9. The van der Waals surface area contributed by atoms with Gasteiger partial charge in [0.1, 0.15) is 6.61 Å². The molecule has 0 heterocycles. The van der Waals surface area contributed by atoms with Gasteiger partial charge in [0.15, 0.2) is 6.10 Å². The predicted octanol–water partition coefficient (Wildman–Crippen LogP) is 14.9. The normalized spacial score (nSPS) is 12.1. The van der Waals surface area contributed by atoms with Gasteiger partial charge in [0, 0.05) is 12.8 Å². The van der Waals surface area contributed by atoms with Gasteiger partial charge in [-0.25, -0.2) is 0 Å². The van der Waals surface area contributed by atoms with Crippen LogP contribution >= 0.6 is 0 Å². The van der Waals surface area contributed by atoms with Crippen molar-refractivity contribution in [2.24, 2.45) is 0 Å². The average Bonchev–Trinajstić information content (AvgIpc) is 3.15. The molecule has 0 aromatic carbocycles. The van der Waals surface area contributed by atoms with Crippen molar-refractivity contribution >= 4 is 11.9 Å². The van der Waals surface area contributed by atoms with Gasteiger partial charge < -0.3 is 14.6 Å². The summed E-state index contributed by atoms with van der Waals surface area (Å²) in [5, 5.41) is 9.60. The molecule has 308 valence electrons. The molecule has 0 aromatic rings. The van der Waals surface area contributed by atoms with Gasteiger partial charge in [-0.1, -0.05) is 219 Å². The Labute approximate surface area is 324 Å². The van der Waals surface area contributed by atoms with E-state index in [1.54, 1.807) is 0 Å². The summed E-state index contributed by atoms with van der Waals surface area (Å²) < 4.78 is 10.7. The molecule has 0 saturated carbocycles. The van der Waals surface area contributed by atoms with Gasteiger partial charge in [-0.15, -0.1) is 0 Å². The summed E-state index contributed by atoms with van der Waals surface area (Å²) >= 11 is 0. The lowest BCUT2D eigenvalue weighted by molar-refractivity contribution is -0.161. The summed E-state index contributed by atoms with van der Waals surface area (Å²) in [4.78, 5) is 24.4. The van der Waals surface area contributed by atoms with Crippen LogP contribution in [0.5, 0.6) is 0 Å². The first kappa shape index (κ1) is 50.6. The number of hydrogen-bond donors (Lipinski definition) is 1. The highest BCUT2D eigenvalue weighted by molar-refractivity contribution is 5.70. The van der Waals surface area contributed by atoms with Crippen molar-refractivity contribution < 1.29 is 24.2 Å². The Balaban J connectivity index is 3.47. The maximum atomic E-state index is 12.2. The maximum absolute atomic E-state index is 12.2. The largest absolute Gasteiger partial charge is 0.462 e. The first-order valence-electron chi connectivity index (χ1n) is 23.2. The molecule has 0 aliphatic carbocycles. The summed E-state index contributed by atoms with van der Waals surface area (Å²) in [5.74, 6) is -0.577. The highest BCUT2D eigenvalue weighted by Crippen LogP contribution is 2.16. The summed E-state index contributed by atoms with van der Waals surface area (Å²) in [6, 6.07) is 0. The number of rotatable bonds is 43. The molecule has 0 aliphatic rings. The van der Waals surface area contributed by atoms with Crippen LogP contribution < -0.4 is 0 Å². The van der Waals surface area contributed by atoms with Crippen molar-refractivity contribution in [3.8, 4) is 0 Å². The monoisotopic (exact) mass is 735 g/mol. The average molecular weight is 735 g/mol. The second-order valence-electron chi connectivity index (χ2n) is 15.8. The third-order valence-corrected chi connectivity index (χ3v) is 10.6. The van der Waals surface area contributed by atoms with E-state index in [2.05, 4.69) is 26.0 Å². The first-order valence-corrected chi connectivity index (χ1v) is 23.2. The molecule has 0 amide bonds. The van der Waals surface area contributed by atoms with Crippen molar-refractivity contribution in [1.29, 1.82) is 0 Å². The van der Waals surface area contributed by atoms with Crippen LogP contribution in [0.15, 0.2) is 12.2 Å². The zero-order chi connectivity index (χ0) is 37.8. The standard InChI is InChI=1S/C47H90O5/c1-3-5-7-9-11-13-15-17-19-21-23-25-27-29-31-33-35-37-39-41-46(49)51-44-45(43-48)52-47(50)42-40-38-36-34-32-30-28-26-24-22-20-18-16-14-12-10-8-6-4-2/h18,20,45,48H,3-17,19,21-44H2,1-2H3/b20-18+/t45-/m0/s1. The Bertz CT molecular complexity index is 750. The van der Waals surface area contributed by atoms with Gasteiger partial charge in [-0.2, -0.15) is 0 Å². The van der Waals surface area contributed by atoms with E-state index in [4.69, 9.17) is 9.47 Å². The van der Waals surface area contributed by atoms with Crippen LogP contribution in [0, 0.1) is 0 Å². The van der Waals surface area contributed by atoms with E-state index >= 15 is 0 Å². The summed E-state index contributed by atoms with van der Waals surface area (Å²) in [6.45, 7) is 4.17. The molecule has 0 rings (SSSR count). The lowest BCUT2D eigenvalue weighted by Crippen LogP contribution is -2.28. The van der Waals surface area contributed by atoms with E-state index in [-0.39, 0.29) is 25.2 Å². The van der Waals surface area contributed by atoms with E-state index < -0.39 is 6.10 Å². The molecule has 5 heteroatoms. The maximum Gasteiger partial charge on any atom is 0.306 e. The third-order valence-electron chi connectivity index (χ3n) is 10.6. The molecule has 0 unspecified atom stereocenters. The van der Waals surface area contributed by atoms with Crippen LogP contribution in [0.25, 0.3) is 0 Å². The second kappa shape index (κ2) is 44.0. The minimum absolute atomic E-state index is 0.0598. The Morgan fingerprint density at radius 3 is 1.04 bits per heavy atom. The van der Waals surface area contributed by atoms with Crippen molar-refractivity contribution in [2.45, 2.75) is 264 Å². The number of ether oxygens (including phenoxy) is 2. The van der Waals surface area contributed by atoms with Crippen LogP contribution in [0.3, 0.4) is 0 Å². The van der Waals surface area contributed by atoms with Crippen LogP contribution in [-0.4, -0.2) is 36.4 Å². The molecular formula is C47H90O5. The van der Waals surface area contributed by atoms with Gasteiger partial charge in [-0.05, 0) is 38.5 Å². The topological polar surface area (TPSA) is 72.8 Å². The Morgan fingerprint density at radius 2 is 0.712 bits per heavy atom. The molecule has 1 atom stereocenters. The van der Waals surface area contributed by atoms with E-state index in [1.807, 2.05) is 0 Å². The second-order valence-corrected chi connectivity index (χ2v) is 15.8. The van der Waals surface area contributed by atoms with E-state index in [0.717, 1.165) is 32.1 Å². The molecule has 52 heavy (non-hydrogen) atoms. The molecule has 5 nitrogen and oxygen atoms in total. The highest BCUT2D eigenvalue weighted by atomic mass is 16.6. The third kappa shape index (κ3) is 41.4. The molecule has 0 spiro atoms. The number of unbranched alkanes of at least 4 members (excludes halogenated alkanes) is 33. The first-order chi connectivity index (χ1) is 25.6. The molecular weight excluding hydrogens is 645 g/mol. The van der Waals surface area contributed by atoms with Crippen LogP contribution in [-0.2, 0) is 19.1 Å². The number of allylic oxidation sites excluding steroid dienone is 2. The zero-order valence-corrected chi connectivity index (χ0v) is 35.1. The van der Waals surface area contributed by atoms with E-state index in [1.165, 1.54) is 199 Å². The van der Waals surface area contributed by atoms with Crippen LogP contribution in [0.4, 0.5) is 0 Å². The number of carbonyl (C=O) groups is 2. The lowest BCUT2D eigenvalue weighted by Gasteiger charge is -2.15. The van der Waals surface area contributed by atoms with Crippen molar-refractivity contribution in [3.63, 3.8) is 0 Å². The lowest BCUT2D eigenvalue weighted by atomic mass is 10.0. The Hall–Kier alpha value is -1.36. The molecule has 0 fully saturated rings. The molecule has 0 saturated heterocycles. The predicted molar refractivity (Wildman–Crippen MR) is 224 cm³/mol. The van der Waals surface area contributed by atoms with Crippen LogP contribution in [0.2, 0.25) is 0 Å². The van der Waals surface area contributed by atoms with E-state index in [9.17, 15) is 14.7 Å². The molecule has 0 radical (unpaired) electrons. The van der Waals surface area contributed by atoms with Gasteiger partial charge in [0.25, 0.3) is 0 Å². The number of hydrogen-bond acceptors (Lipinski definition) is 5. The number of esters is 2. The quantitative estimate of drug-likeness (QED) is 0.0383. The summed E-state index contributed by atoms with van der Waals surface area (Å²) in [6.07, 6.45) is 51.5. The smallest absolute Gasteiger partial charge is 0.306 e. The zero-order valence-electron chi connectivity index (χ0n) is 35.1. The molecule has 0 aromatic heterocycles. The number of carbonyl (C=O) groups excluding carboxylic acids is 2. The van der Waals surface area contributed by atoms with E-state index in [0.29, 0.717) is 12.8 Å².